The lowest BCUT2D eigenvalue weighted by Gasteiger charge is -2.18. The maximum absolute atomic E-state index is 13.6. The second-order valence-electron chi connectivity index (χ2n) is 9.55. The molecule has 1 saturated carbocycles. The number of hydrogen-bond acceptors (Lipinski definition) is 10. The molecule has 1 aliphatic carbocycles. The maximum atomic E-state index is 13.6. The Bertz CT molecular complexity index is 1600. The van der Waals surface area contributed by atoms with Gasteiger partial charge in [-0.25, -0.2) is 8.42 Å². The van der Waals surface area contributed by atoms with Crippen molar-refractivity contribution in [3.8, 4) is 17.2 Å². The molecule has 13 heteroatoms. The van der Waals surface area contributed by atoms with Gasteiger partial charge in [-0.3, -0.25) is 9.82 Å². The number of nitrogens with zero attached hydrogens (tertiary/aromatic N) is 2. The van der Waals surface area contributed by atoms with E-state index in [0.717, 1.165) is 36.9 Å². The van der Waals surface area contributed by atoms with Crippen molar-refractivity contribution < 1.29 is 31.9 Å². The molecule has 2 fully saturated rings. The van der Waals surface area contributed by atoms with Crippen LogP contribution in [-0.2, 0) is 14.8 Å². The fourth-order valence-corrected chi connectivity index (χ4v) is 6.13. The number of ether oxygens (including phenoxy) is 4. The SMILES string of the molecule is COc1cc2c(NS(=O)(=O)c3c(OC)cc([C@H]4CCCO4)cc3OC)noc2cc1Nc1cc(C2CC2)n[nH]1. The molecule has 39 heavy (non-hydrogen) atoms. The summed E-state index contributed by atoms with van der Waals surface area (Å²) in [5.41, 5.74) is 2.77. The second-order valence-corrected chi connectivity index (χ2v) is 11.2. The van der Waals surface area contributed by atoms with E-state index >= 15 is 0 Å². The van der Waals surface area contributed by atoms with E-state index in [1.807, 2.05) is 6.07 Å². The zero-order valence-corrected chi connectivity index (χ0v) is 22.6. The summed E-state index contributed by atoms with van der Waals surface area (Å²) < 4.78 is 57.5. The van der Waals surface area contributed by atoms with Gasteiger partial charge in [0, 0.05) is 24.7 Å². The van der Waals surface area contributed by atoms with E-state index in [9.17, 15) is 8.42 Å². The average Bonchev–Trinajstić information content (AvgIpc) is 3.29. The van der Waals surface area contributed by atoms with Gasteiger partial charge >= 0.3 is 0 Å². The number of nitrogens with one attached hydrogen (secondary N) is 3. The maximum Gasteiger partial charge on any atom is 0.270 e. The van der Waals surface area contributed by atoms with E-state index in [-0.39, 0.29) is 28.3 Å². The second kappa shape index (κ2) is 9.97. The van der Waals surface area contributed by atoms with Crippen molar-refractivity contribution in [3.05, 3.63) is 41.6 Å². The largest absolute Gasteiger partial charge is 0.495 e. The number of methoxy groups -OCH3 is 3. The van der Waals surface area contributed by atoms with E-state index in [1.165, 1.54) is 21.3 Å². The van der Waals surface area contributed by atoms with Gasteiger partial charge in [-0.2, -0.15) is 5.10 Å². The van der Waals surface area contributed by atoms with Gasteiger partial charge in [0.25, 0.3) is 10.0 Å². The minimum atomic E-state index is -4.21. The molecule has 2 aromatic carbocycles. The molecule has 3 heterocycles. The molecule has 0 amide bonds. The molecule has 12 nitrogen and oxygen atoms in total. The number of hydrogen-bond donors (Lipinski definition) is 3. The number of anilines is 3. The molecule has 1 atom stereocenters. The summed E-state index contributed by atoms with van der Waals surface area (Å²) in [4.78, 5) is -0.152. The van der Waals surface area contributed by atoms with Crippen LogP contribution in [0.4, 0.5) is 17.3 Å². The third-order valence-corrected chi connectivity index (χ3v) is 8.34. The third kappa shape index (κ3) is 4.83. The normalized spacial score (nSPS) is 17.4. The molecule has 1 saturated heterocycles. The summed E-state index contributed by atoms with van der Waals surface area (Å²) in [6.45, 7) is 0.653. The summed E-state index contributed by atoms with van der Waals surface area (Å²) in [5, 5.41) is 15.0. The lowest BCUT2D eigenvalue weighted by atomic mass is 10.1. The summed E-state index contributed by atoms with van der Waals surface area (Å²) in [6.07, 6.45) is 3.91. The fraction of sp³-hybridized carbons (Fsp3) is 0.385. The molecule has 2 aromatic heterocycles. The Morgan fingerprint density at radius 3 is 2.36 bits per heavy atom. The molecule has 0 bridgehead atoms. The summed E-state index contributed by atoms with van der Waals surface area (Å²) in [7, 11) is 0.130. The number of aromatic amines is 1. The standard InChI is InChI=1S/C26H29N5O7S/c1-34-21-11-16-20(12-18(21)27-24-13-17(28-29-24)14-6-7-14)38-30-26(16)31-39(32,33)25-22(35-2)9-15(10-23(25)36-3)19-5-4-8-37-19/h9-14,19H,4-8H2,1-3H3,(H,30,31)(H2,27,28,29)/t19-/m1/s1. The van der Waals surface area contributed by atoms with Gasteiger partial charge in [0.05, 0.1) is 44.2 Å². The van der Waals surface area contributed by atoms with E-state index in [0.29, 0.717) is 40.7 Å². The summed E-state index contributed by atoms with van der Waals surface area (Å²) >= 11 is 0. The number of benzene rings is 2. The number of aromatic nitrogens is 3. The van der Waals surface area contributed by atoms with Crippen LogP contribution in [0.3, 0.4) is 0 Å². The molecule has 3 N–H and O–H groups in total. The van der Waals surface area contributed by atoms with Crippen molar-refractivity contribution in [2.45, 2.75) is 42.6 Å². The predicted octanol–water partition coefficient (Wildman–Crippen LogP) is 4.85. The highest BCUT2D eigenvalue weighted by Gasteiger charge is 2.30. The Hall–Kier alpha value is -3.97. The Morgan fingerprint density at radius 2 is 1.72 bits per heavy atom. The van der Waals surface area contributed by atoms with Crippen LogP contribution in [0, 0.1) is 0 Å². The summed E-state index contributed by atoms with van der Waals surface area (Å²) in [5.74, 6) is 1.95. The van der Waals surface area contributed by atoms with Gasteiger partial charge in [0.2, 0.25) is 0 Å². The first-order chi connectivity index (χ1) is 18.9. The van der Waals surface area contributed by atoms with E-state index < -0.39 is 10.0 Å². The Morgan fingerprint density at radius 1 is 0.974 bits per heavy atom. The van der Waals surface area contributed by atoms with Crippen LogP contribution < -0.4 is 24.2 Å². The van der Waals surface area contributed by atoms with Crippen LogP contribution in [0.25, 0.3) is 11.0 Å². The Labute approximate surface area is 225 Å². The van der Waals surface area contributed by atoms with Crippen molar-refractivity contribution in [2.75, 3.05) is 38.0 Å². The molecule has 4 aromatic rings. The minimum absolute atomic E-state index is 0.000260. The monoisotopic (exact) mass is 555 g/mol. The van der Waals surface area contributed by atoms with Crippen LogP contribution in [0.5, 0.6) is 17.2 Å². The Kier molecular flexibility index (Phi) is 6.47. The van der Waals surface area contributed by atoms with Crippen molar-refractivity contribution in [3.63, 3.8) is 0 Å². The molecule has 1 aliphatic heterocycles. The smallest absolute Gasteiger partial charge is 0.270 e. The highest BCUT2D eigenvalue weighted by Crippen LogP contribution is 2.42. The van der Waals surface area contributed by atoms with Crippen molar-refractivity contribution in [2.24, 2.45) is 0 Å². The molecule has 0 unspecified atom stereocenters. The van der Waals surface area contributed by atoms with E-state index in [1.54, 1.807) is 24.3 Å². The molecule has 0 radical (unpaired) electrons. The number of fused-ring (bicyclic) bond motifs is 1. The molecule has 0 spiro atoms. The lowest BCUT2D eigenvalue weighted by molar-refractivity contribution is 0.111. The van der Waals surface area contributed by atoms with Gasteiger partial charge in [-0.1, -0.05) is 5.16 Å². The quantitative estimate of drug-likeness (QED) is 0.248. The van der Waals surface area contributed by atoms with E-state index in [4.69, 9.17) is 23.5 Å². The van der Waals surface area contributed by atoms with E-state index in [2.05, 4.69) is 25.4 Å². The van der Waals surface area contributed by atoms with Gasteiger partial charge in [-0.05, 0) is 49.4 Å². The molecular formula is C26H29N5O7S. The van der Waals surface area contributed by atoms with Crippen LogP contribution in [0.2, 0.25) is 0 Å². The highest BCUT2D eigenvalue weighted by atomic mass is 32.2. The molecule has 6 rings (SSSR count). The lowest BCUT2D eigenvalue weighted by Crippen LogP contribution is -2.16. The predicted molar refractivity (Wildman–Crippen MR) is 143 cm³/mol. The fourth-order valence-electron chi connectivity index (χ4n) is 4.81. The van der Waals surface area contributed by atoms with Crippen molar-refractivity contribution >= 4 is 38.3 Å². The first kappa shape index (κ1) is 25.3. The van der Waals surface area contributed by atoms with Gasteiger partial charge < -0.3 is 28.8 Å². The average molecular weight is 556 g/mol. The number of H-pyrrole nitrogens is 1. The number of rotatable bonds is 10. The zero-order valence-electron chi connectivity index (χ0n) is 21.7. The topological polar surface area (TPSA) is 150 Å². The zero-order chi connectivity index (χ0) is 27.1. The van der Waals surface area contributed by atoms with Crippen LogP contribution in [-0.4, -0.2) is 51.7 Å². The summed E-state index contributed by atoms with van der Waals surface area (Å²) in [6, 6.07) is 8.64. The van der Waals surface area contributed by atoms with Gasteiger partial charge in [0.1, 0.15) is 23.1 Å². The van der Waals surface area contributed by atoms with Crippen LogP contribution in [0.15, 0.2) is 39.8 Å². The molecule has 206 valence electrons. The molecular weight excluding hydrogens is 526 g/mol. The van der Waals surface area contributed by atoms with Gasteiger partial charge in [0.15, 0.2) is 16.3 Å². The number of sulfonamides is 1. The third-order valence-electron chi connectivity index (χ3n) is 6.94. The Balaban J connectivity index is 1.32. The van der Waals surface area contributed by atoms with Crippen molar-refractivity contribution in [1.82, 2.24) is 15.4 Å². The van der Waals surface area contributed by atoms with Crippen LogP contribution >= 0.6 is 0 Å². The first-order valence-electron chi connectivity index (χ1n) is 12.6. The first-order valence-corrected chi connectivity index (χ1v) is 14.1. The minimum Gasteiger partial charge on any atom is -0.495 e. The molecule has 2 aliphatic rings. The van der Waals surface area contributed by atoms with Gasteiger partial charge in [-0.15, -0.1) is 0 Å². The van der Waals surface area contributed by atoms with Crippen LogP contribution in [0.1, 0.15) is 49.0 Å². The van der Waals surface area contributed by atoms with Crippen molar-refractivity contribution in [1.29, 1.82) is 0 Å². The highest BCUT2D eigenvalue weighted by molar-refractivity contribution is 7.93.